The first-order valence-corrected chi connectivity index (χ1v) is 26.7. The van der Waals surface area contributed by atoms with Crippen LogP contribution in [0.4, 0.5) is 105 Å². The molecule has 0 aliphatic heterocycles. The number of benzene rings is 4. The molecule has 560 valence electrons. The van der Waals surface area contributed by atoms with E-state index in [-0.39, 0.29) is 133 Å². The first kappa shape index (κ1) is 105. The van der Waals surface area contributed by atoms with Crippen molar-refractivity contribution < 1.29 is 153 Å². The summed E-state index contributed by atoms with van der Waals surface area (Å²) in [7, 11) is 3.02. The van der Waals surface area contributed by atoms with Crippen LogP contribution in [-0.4, -0.2) is 126 Å². The Labute approximate surface area is 543 Å². The van der Waals surface area contributed by atoms with Gasteiger partial charge in [-0.05, 0) is 47.9 Å². The van der Waals surface area contributed by atoms with Gasteiger partial charge in [-0.1, -0.05) is 136 Å². The zero-order valence-corrected chi connectivity index (χ0v) is 52.3. The minimum atomic E-state index is -4.00. The van der Waals surface area contributed by atoms with Crippen LogP contribution < -0.4 is 0 Å². The molecular weight excluding hydrogens is 1360 g/mol. The van der Waals surface area contributed by atoms with Gasteiger partial charge in [0.2, 0.25) is 0 Å². The van der Waals surface area contributed by atoms with Crippen LogP contribution in [0.2, 0.25) is 0 Å². The summed E-state index contributed by atoms with van der Waals surface area (Å²) in [6, 6.07) is 39.0. The topological polar surface area (TPSA) is 124 Å². The summed E-state index contributed by atoms with van der Waals surface area (Å²) in [6.07, 6.45) is -29.4. The van der Waals surface area contributed by atoms with Crippen molar-refractivity contribution in [3.05, 3.63) is 144 Å². The van der Waals surface area contributed by atoms with E-state index in [1.807, 2.05) is 121 Å². The number of carbonyl (C=O) groups excluding carboxylic acids is 4. The van der Waals surface area contributed by atoms with Gasteiger partial charge in [0.1, 0.15) is 25.9 Å². The molecule has 0 fully saturated rings. The summed E-state index contributed by atoms with van der Waals surface area (Å²) in [5.41, 5.74) is 4.33. The van der Waals surface area contributed by atoms with Gasteiger partial charge in [-0.25, -0.2) is 0 Å². The molecule has 0 saturated heterocycles. The van der Waals surface area contributed by atoms with Crippen LogP contribution in [-0.2, 0) is 73.3 Å². The largest absolute Gasteiger partial charge is 0.463 e. The smallest absolute Gasteiger partial charge is 0.386 e. The molecule has 0 heterocycles. The Hall–Kier alpha value is -7.00. The minimum absolute atomic E-state index is 0. The second-order valence-electron chi connectivity index (χ2n) is 18.7. The van der Waals surface area contributed by atoms with Gasteiger partial charge < -0.3 is 28.4 Å². The normalized spacial score (nSPS) is 11.2. The number of carbonyl (C=O) groups is 4. The van der Waals surface area contributed by atoms with E-state index in [2.05, 4.69) is 0 Å². The lowest BCUT2D eigenvalue weighted by molar-refractivity contribution is -0.162. The average molecular weight is 1450 g/mol. The Morgan fingerprint density at radius 3 is 0.625 bits per heavy atom. The molecule has 10 nitrogen and oxygen atoms in total. The van der Waals surface area contributed by atoms with Gasteiger partial charge in [0, 0.05) is 95.3 Å². The standard InChI is InChI=1S/2C22H26O5.8C2H3F3.2CH4/c1-25-20(16-26-21(23)14-12-18-8-4-2-5-9-18)17-27-22(24)15-13-19-10-6-3-7-11-19;1-25-16-20(27-22(24)15-13-19-10-6-3-7-11-19)17-26-21(23)14-12-18-8-4-2-5-9-18;8*1-2(3,4)5;;/h2*2-11,20H,12-17H2,1H3;8*1H3;2*1H4. The fourth-order valence-corrected chi connectivity index (χ4v) is 5.07. The fraction of sp³-hybridized carbons (Fsp3) is 0.548. The van der Waals surface area contributed by atoms with Crippen molar-refractivity contribution in [1.29, 1.82) is 0 Å². The molecule has 1 unspecified atom stereocenters. The average Bonchev–Trinajstić information content (AvgIpc) is 1.04. The quantitative estimate of drug-likeness (QED) is 0.0427. The third-order valence-corrected chi connectivity index (χ3v) is 8.12. The van der Waals surface area contributed by atoms with Crippen LogP contribution in [0.1, 0.15) is 118 Å². The maximum atomic E-state index is 12.0. The molecule has 0 spiro atoms. The van der Waals surface area contributed by atoms with Crippen LogP contribution in [0.25, 0.3) is 0 Å². The molecule has 0 aliphatic carbocycles. The van der Waals surface area contributed by atoms with Gasteiger partial charge in [0.15, 0.2) is 6.10 Å². The lowest BCUT2D eigenvalue weighted by atomic mass is 10.1. The molecule has 4 rings (SSSR count). The zero-order valence-electron chi connectivity index (χ0n) is 52.3. The highest BCUT2D eigenvalue weighted by atomic mass is 19.4. The highest BCUT2D eigenvalue weighted by Gasteiger charge is 2.21. The predicted molar refractivity (Wildman–Crippen MR) is 312 cm³/mol. The van der Waals surface area contributed by atoms with E-state index in [9.17, 15) is 125 Å². The number of hydrogen-bond donors (Lipinski definition) is 0. The number of ether oxygens (including phenoxy) is 6. The molecular formula is C62H84F24O10. The van der Waals surface area contributed by atoms with Crippen LogP contribution in [0, 0.1) is 0 Å². The summed E-state index contributed by atoms with van der Waals surface area (Å²) in [6.45, 7) is 1.81. The highest BCUT2D eigenvalue weighted by Crippen LogP contribution is 2.16. The molecule has 0 aliphatic rings. The monoisotopic (exact) mass is 1440 g/mol. The fourth-order valence-electron chi connectivity index (χ4n) is 5.07. The molecule has 34 heteroatoms. The lowest BCUT2D eigenvalue weighted by Crippen LogP contribution is -2.29. The van der Waals surface area contributed by atoms with Crippen LogP contribution >= 0.6 is 0 Å². The van der Waals surface area contributed by atoms with Crippen molar-refractivity contribution in [3.63, 3.8) is 0 Å². The Bertz CT molecular complexity index is 2200. The second kappa shape index (κ2) is 56.1. The summed E-state index contributed by atoms with van der Waals surface area (Å²) >= 11 is 0. The van der Waals surface area contributed by atoms with Gasteiger partial charge in [-0.3, -0.25) is 19.2 Å². The SMILES string of the molecule is C.C.CC(F)(F)F.CC(F)(F)F.CC(F)(F)F.CC(F)(F)F.CC(F)(F)F.CC(F)(F)F.CC(F)(F)F.CC(F)(F)F.COC(COC(=O)CCc1ccccc1)COC(=O)CCc1ccccc1.COCC(COC(=O)CCc1ccccc1)OC(=O)CCc1ccccc1. The van der Waals surface area contributed by atoms with Gasteiger partial charge in [0.05, 0.1) is 6.61 Å². The van der Waals surface area contributed by atoms with E-state index < -0.39 is 61.6 Å². The van der Waals surface area contributed by atoms with Crippen LogP contribution in [0.5, 0.6) is 0 Å². The van der Waals surface area contributed by atoms with Crippen LogP contribution in [0.3, 0.4) is 0 Å². The number of rotatable bonds is 22. The predicted octanol–water partition coefficient (Wildman–Crippen LogP) is 20.5. The van der Waals surface area contributed by atoms with E-state index in [4.69, 9.17) is 28.4 Å². The number of halogens is 24. The van der Waals surface area contributed by atoms with Crippen molar-refractivity contribution in [2.24, 2.45) is 0 Å². The zero-order chi connectivity index (χ0) is 74.6. The summed E-state index contributed by atoms with van der Waals surface area (Å²) in [4.78, 5) is 47.7. The minimum Gasteiger partial charge on any atom is -0.463 e. The number of methoxy groups -OCH3 is 2. The molecule has 1 atom stereocenters. The molecule has 0 bridgehead atoms. The molecule has 4 aromatic rings. The maximum absolute atomic E-state index is 12.0. The van der Waals surface area contributed by atoms with E-state index in [1.165, 1.54) is 14.2 Å². The first-order valence-electron chi connectivity index (χ1n) is 26.7. The summed E-state index contributed by atoms with van der Waals surface area (Å²) < 4.78 is 280. The Kier molecular flexibility index (Phi) is 61.3. The van der Waals surface area contributed by atoms with E-state index in [0.29, 0.717) is 38.5 Å². The number of hydrogen-bond acceptors (Lipinski definition) is 10. The Morgan fingerprint density at radius 2 is 0.458 bits per heavy atom. The molecule has 96 heavy (non-hydrogen) atoms. The molecule has 0 amide bonds. The van der Waals surface area contributed by atoms with Crippen LogP contribution in [0.15, 0.2) is 121 Å². The van der Waals surface area contributed by atoms with Gasteiger partial charge in [-0.2, -0.15) is 105 Å². The third-order valence-electron chi connectivity index (χ3n) is 8.12. The number of aryl methyl sites for hydroxylation is 4. The number of alkyl halides is 24. The molecule has 0 N–H and O–H groups in total. The first-order chi connectivity index (χ1) is 42.3. The van der Waals surface area contributed by atoms with Crippen molar-refractivity contribution in [3.8, 4) is 0 Å². The van der Waals surface area contributed by atoms with Gasteiger partial charge in [0.25, 0.3) is 0 Å². The second-order valence-corrected chi connectivity index (χ2v) is 18.7. The summed E-state index contributed by atoms with van der Waals surface area (Å²) in [5.74, 6) is -1.24. The molecule has 0 aromatic heterocycles. The third kappa shape index (κ3) is 135. The summed E-state index contributed by atoms with van der Waals surface area (Å²) in [5, 5.41) is 0. The number of esters is 4. The Morgan fingerprint density at radius 1 is 0.292 bits per heavy atom. The van der Waals surface area contributed by atoms with Gasteiger partial charge >= 0.3 is 73.3 Å². The van der Waals surface area contributed by atoms with Crippen molar-refractivity contribution >= 4 is 23.9 Å². The van der Waals surface area contributed by atoms with E-state index in [0.717, 1.165) is 22.3 Å². The van der Waals surface area contributed by atoms with Crippen molar-refractivity contribution in [1.82, 2.24) is 0 Å². The lowest BCUT2D eigenvalue weighted by Gasteiger charge is -2.17. The highest BCUT2D eigenvalue weighted by molar-refractivity contribution is 5.71. The maximum Gasteiger partial charge on any atom is 0.386 e. The van der Waals surface area contributed by atoms with Crippen molar-refractivity contribution in [2.75, 3.05) is 40.6 Å². The molecule has 4 aromatic carbocycles. The van der Waals surface area contributed by atoms with Crippen molar-refractivity contribution in [2.45, 2.75) is 183 Å². The van der Waals surface area contributed by atoms with Gasteiger partial charge in [-0.15, -0.1) is 0 Å². The molecule has 0 radical (unpaired) electrons. The molecule has 0 saturated carbocycles. The van der Waals surface area contributed by atoms with E-state index >= 15 is 0 Å². The Balaban J connectivity index is -0.000000171. The van der Waals surface area contributed by atoms with E-state index in [1.54, 1.807) is 0 Å².